The van der Waals surface area contributed by atoms with E-state index in [0.29, 0.717) is 25.2 Å². The number of carbonyl (C=O) groups excluding carboxylic acids is 2. The highest BCUT2D eigenvalue weighted by Gasteiger charge is 2.46. The van der Waals surface area contributed by atoms with E-state index in [1.165, 1.54) is 4.90 Å². The maximum absolute atomic E-state index is 12.0. The van der Waals surface area contributed by atoms with Gasteiger partial charge in [0, 0.05) is 0 Å². The summed E-state index contributed by atoms with van der Waals surface area (Å²) in [6.45, 7) is 4.01. The number of hydrogen-bond donors (Lipinski definition) is 2. The Hall–Kier alpha value is -1.10. The molecule has 2 rings (SSSR count). The molecule has 1 unspecified atom stereocenters. The third-order valence-electron chi connectivity index (χ3n) is 3.23. The highest BCUT2D eigenvalue weighted by Crippen LogP contribution is 2.27. The van der Waals surface area contributed by atoms with E-state index in [4.69, 9.17) is 0 Å². The van der Waals surface area contributed by atoms with E-state index in [1.54, 1.807) is 0 Å². The first kappa shape index (κ1) is 11.4. The van der Waals surface area contributed by atoms with E-state index in [1.807, 2.05) is 13.8 Å². The Morgan fingerprint density at radius 2 is 2.12 bits per heavy atom. The number of nitrogens with one attached hydrogen (secondary N) is 1. The van der Waals surface area contributed by atoms with Crippen LogP contribution in [-0.4, -0.2) is 40.1 Å². The lowest BCUT2D eigenvalue weighted by molar-refractivity contribution is -0.155. The van der Waals surface area contributed by atoms with Crippen molar-refractivity contribution in [2.24, 2.45) is 5.92 Å². The van der Waals surface area contributed by atoms with Gasteiger partial charge in [0.15, 0.2) is 0 Å². The van der Waals surface area contributed by atoms with Gasteiger partial charge in [-0.3, -0.25) is 9.59 Å². The number of aliphatic hydroxyl groups excluding tert-OH is 1. The zero-order chi connectivity index (χ0) is 11.9. The average molecular weight is 226 g/mol. The molecule has 0 aromatic rings. The third kappa shape index (κ3) is 1.80. The van der Waals surface area contributed by atoms with Crippen LogP contribution in [0.4, 0.5) is 0 Å². The zero-order valence-electron chi connectivity index (χ0n) is 9.64. The van der Waals surface area contributed by atoms with Gasteiger partial charge in [0.1, 0.15) is 18.3 Å². The van der Waals surface area contributed by atoms with Crippen LogP contribution in [0.3, 0.4) is 0 Å². The number of piperazine rings is 1. The Morgan fingerprint density at radius 1 is 1.44 bits per heavy atom. The van der Waals surface area contributed by atoms with Crippen LogP contribution >= 0.6 is 0 Å². The van der Waals surface area contributed by atoms with Crippen molar-refractivity contribution >= 4 is 11.8 Å². The van der Waals surface area contributed by atoms with Crippen molar-refractivity contribution < 1.29 is 14.7 Å². The standard InChI is InChI=1S/C11H18N2O3/c1-6(2)5-7-11(16)13-8(10(15)12-7)3-4-9(13)14/h6-9,14H,3-5H2,1-2H3,(H,12,15)/t7-,8-,9?/m0/s1. The van der Waals surface area contributed by atoms with Crippen molar-refractivity contribution in [3.8, 4) is 0 Å². The molecular weight excluding hydrogens is 208 g/mol. The van der Waals surface area contributed by atoms with Gasteiger partial charge in [0.05, 0.1) is 0 Å². The Morgan fingerprint density at radius 3 is 2.75 bits per heavy atom. The fourth-order valence-electron chi connectivity index (χ4n) is 2.49. The van der Waals surface area contributed by atoms with E-state index >= 15 is 0 Å². The molecule has 2 aliphatic heterocycles. The molecule has 0 bridgehead atoms. The second kappa shape index (κ2) is 4.05. The molecule has 5 heteroatoms. The lowest BCUT2D eigenvalue weighted by atomic mass is 9.99. The van der Waals surface area contributed by atoms with Gasteiger partial charge in [0.25, 0.3) is 0 Å². The molecule has 0 radical (unpaired) electrons. The average Bonchev–Trinajstić information content (AvgIpc) is 2.56. The van der Waals surface area contributed by atoms with Gasteiger partial charge < -0.3 is 15.3 Å². The van der Waals surface area contributed by atoms with Crippen LogP contribution in [-0.2, 0) is 9.59 Å². The van der Waals surface area contributed by atoms with Crippen LogP contribution in [0.2, 0.25) is 0 Å². The van der Waals surface area contributed by atoms with E-state index < -0.39 is 18.3 Å². The van der Waals surface area contributed by atoms with Gasteiger partial charge >= 0.3 is 0 Å². The minimum atomic E-state index is -0.779. The van der Waals surface area contributed by atoms with Gasteiger partial charge in [-0.1, -0.05) is 13.8 Å². The maximum Gasteiger partial charge on any atom is 0.247 e. The van der Waals surface area contributed by atoms with Crippen LogP contribution in [0, 0.1) is 5.92 Å². The molecular formula is C11H18N2O3. The highest BCUT2D eigenvalue weighted by atomic mass is 16.3. The first-order valence-electron chi connectivity index (χ1n) is 5.81. The molecule has 5 nitrogen and oxygen atoms in total. The van der Waals surface area contributed by atoms with Crippen LogP contribution in [0.25, 0.3) is 0 Å². The fourth-order valence-corrected chi connectivity index (χ4v) is 2.49. The number of amides is 2. The van der Waals surface area contributed by atoms with Crippen molar-refractivity contribution in [1.82, 2.24) is 10.2 Å². The van der Waals surface area contributed by atoms with Gasteiger partial charge in [-0.15, -0.1) is 0 Å². The van der Waals surface area contributed by atoms with E-state index in [0.717, 1.165) is 0 Å². The molecule has 0 aliphatic carbocycles. The van der Waals surface area contributed by atoms with E-state index in [2.05, 4.69) is 5.32 Å². The molecule has 2 N–H and O–H groups in total. The molecule has 2 aliphatic rings. The second-order valence-corrected chi connectivity index (χ2v) is 5.01. The summed E-state index contributed by atoms with van der Waals surface area (Å²) in [6, 6.07) is -0.914. The summed E-state index contributed by atoms with van der Waals surface area (Å²) in [5.74, 6) is 0.0793. The first-order valence-corrected chi connectivity index (χ1v) is 5.81. The van der Waals surface area contributed by atoms with Crippen molar-refractivity contribution in [1.29, 1.82) is 0 Å². The smallest absolute Gasteiger partial charge is 0.247 e. The molecule has 0 aromatic carbocycles. The van der Waals surface area contributed by atoms with Gasteiger partial charge in [-0.25, -0.2) is 0 Å². The molecule has 2 amide bonds. The SMILES string of the molecule is CC(C)C[C@@H]1NC(=O)[C@@H]2CCC(O)N2C1=O. The molecule has 0 aromatic heterocycles. The quantitative estimate of drug-likeness (QED) is 0.687. The van der Waals surface area contributed by atoms with Gasteiger partial charge in [-0.05, 0) is 25.2 Å². The van der Waals surface area contributed by atoms with Crippen molar-refractivity contribution in [3.63, 3.8) is 0 Å². The molecule has 90 valence electrons. The number of fused-ring (bicyclic) bond motifs is 1. The summed E-state index contributed by atoms with van der Waals surface area (Å²) in [5, 5.41) is 12.4. The largest absolute Gasteiger partial charge is 0.373 e. The van der Waals surface area contributed by atoms with Gasteiger partial charge in [-0.2, -0.15) is 0 Å². The lowest BCUT2D eigenvalue weighted by Gasteiger charge is -2.36. The van der Waals surface area contributed by atoms with Crippen LogP contribution in [0.1, 0.15) is 33.1 Å². The fraction of sp³-hybridized carbons (Fsp3) is 0.818. The maximum atomic E-state index is 12.0. The third-order valence-corrected chi connectivity index (χ3v) is 3.23. The Labute approximate surface area is 94.8 Å². The summed E-state index contributed by atoms with van der Waals surface area (Å²) < 4.78 is 0. The van der Waals surface area contributed by atoms with Crippen LogP contribution in [0.15, 0.2) is 0 Å². The summed E-state index contributed by atoms with van der Waals surface area (Å²) in [6.07, 6.45) is 0.907. The zero-order valence-corrected chi connectivity index (χ0v) is 9.64. The molecule has 2 heterocycles. The molecule has 3 atom stereocenters. The highest BCUT2D eigenvalue weighted by molar-refractivity contribution is 5.97. The molecule has 0 spiro atoms. The predicted molar refractivity (Wildman–Crippen MR) is 57.3 cm³/mol. The summed E-state index contributed by atoms with van der Waals surface area (Å²) in [4.78, 5) is 25.1. The summed E-state index contributed by atoms with van der Waals surface area (Å²) >= 11 is 0. The predicted octanol–water partition coefficient (Wildman–Crippen LogP) is -0.160. The van der Waals surface area contributed by atoms with E-state index in [-0.39, 0.29) is 11.8 Å². The topological polar surface area (TPSA) is 69.6 Å². The summed E-state index contributed by atoms with van der Waals surface area (Å²) in [5.41, 5.74) is 0. The second-order valence-electron chi connectivity index (χ2n) is 5.01. The molecule has 16 heavy (non-hydrogen) atoms. The number of rotatable bonds is 2. The summed E-state index contributed by atoms with van der Waals surface area (Å²) in [7, 11) is 0. The lowest BCUT2D eigenvalue weighted by Crippen LogP contribution is -2.63. The minimum absolute atomic E-state index is 0.123. The number of nitrogens with zero attached hydrogens (tertiary/aromatic N) is 1. The molecule has 0 saturated carbocycles. The number of aliphatic hydroxyl groups is 1. The van der Waals surface area contributed by atoms with Crippen LogP contribution < -0.4 is 5.32 Å². The Kier molecular flexibility index (Phi) is 2.88. The van der Waals surface area contributed by atoms with Crippen molar-refractivity contribution in [2.75, 3.05) is 0 Å². The Bertz CT molecular complexity index is 316. The monoisotopic (exact) mass is 226 g/mol. The number of carbonyl (C=O) groups is 2. The van der Waals surface area contributed by atoms with E-state index in [9.17, 15) is 14.7 Å². The Balaban J connectivity index is 2.15. The van der Waals surface area contributed by atoms with Crippen molar-refractivity contribution in [2.45, 2.75) is 51.4 Å². The molecule has 2 saturated heterocycles. The van der Waals surface area contributed by atoms with Crippen LogP contribution in [0.5, 0.6) is 0 Å². The minimum Gasteiger partial charge on any atom is -0.373 e. The number of hydrogen-bond acceptors (Lipinski definition) is 3. The van der Waals surface area contributed by atoms with Gasteiger partial charge in [0.2, 0.25) is 11.8 Å². The first-order chi connectivity index (χ1) is 7.50. The van der Waals surface area contributed by atoms with Crippen molar-refractivity contribution in [3.05, 3.63) is 0 Å². The normalized spacial score (nSPS) is 34.2. The molecule has 2 fully saturated rings.